The van der Waals surface area contributed by atoms with Crippen molar-refractivity contribution in [2.45, 2.75) is 26.8 Å². The Bertz CT molecular complexity index is 1250. The van der Waals surface area contributed by atoms with E-state index < -0.39 is 11.8 Å². The lowest BCUT2D eigenvalue weighted by atomic mass is 10.1. The van der Waals surface area contributed by atoms with E-state index in [1.165, 1.54) is 18.9 Å². The molecule has 3 amide bonds. The van der Waals surface area contributed by atoms with E-state index in [0.29, 0.717) is 22.7 Å². The van der Waals surface area contributed by atoms with Crippen LogP contribution in [0.1, 0.15) is 29.2 Å². The molecular formula is C28H30N4O5. The first-order valence-electron chi connectivity index (χ1n) is 11.7. The van der Waals surface area contributed by atoms with Gasteiger partial charge in [0.1, 0.15) is 0 Å². The van der Waals surface area contributed by atoms with Crippen LogP contribution in [-0.2, 0) is 27.3 Å². The molecule has 0 fully saturated rings. The number of nitrogens with zero attached hydrogens (tertiary/aromatic N) is 1. The maximum absolute atomic E-state index is 12.2. The highest BCUT2D eigenvalue weighted by Crippen LogP contribution is 2.27. The van der Waals surface area contributed by atoms with E-state index in [1.807, 2.05) is 55.5 Å². The Hall–Kier alpha value is -4.66. The molecule has 0 atom stereocenters. The fourth-order valence-electron chi connectivity index (χ4n) is 3.23. The van der Waals surface area contributed by atoms with Gasteiger partial charge in [0, 0.05) is 12.2 Å². The van der Waals surface area contributed by atoms with E-state index in [1.54, 1.807) is 18.2 Å². The second kappa shape index (κ2) is 13.4. The van der Waals surface area contributed by atoms with Gasteiger partial charge in [-0.3, -0.25) is 14.4 Å². The van der Waals surface area contributed by atoms with E-state index >= 15 is 0 Å². The quantitative estimate of drug-likeness (QED) is 0.223. The Balaban J connectivity index is 1.47. The number of aryl methyl sites for hydroxylation is 2. The number of rotatable bonds is 10. The fraction of sp³-hybridized carbons (Fsp3) is 0.214. The van der Waals surface area contributed by atoms with Crippen molar-refractivity contribution in [3.63, 3.8) is 0 Å². The summed E-state index contributed by atoms with van der Waals surface area (Å²) < 4.78 is 10.9. The number of ether oxygens (including phenoxy) is 2. The molecule has 192 valence electrons. The van der Waals surface area contributed by atoms with Crippen molar-refractivity contribution in [2.24, 2.45) is 5.10 Å². The molecule has 9 heteroatoms. The highest BCUT2D eigenvalue weighted by molar-refractivity contribution is 6.35. The summed E-state index contributed by atoms with van der Waals surface area (Å²) >= 11 is 0. The first-order valence-corrected chi connectivity index (χ1v) is 11.7. The molecule has 0 heterocycles. The van der Waals surface area contributed by atoms with Crippen molar-refractivity contribution in [1.29, 1.82) is 0 Å². The van der Waals surface area contributed by atoms with E-state index in [2.05, 4.69) is 28.1 Å². The number of hydrogen-bond donors (Lipinski definition) is 3. The van der Waals surface area contributed by atoms with Crippen molar-refractivity contribution < 1.29 is 23.9 Å². The number of methoxy groups -OCH3 is 1. The number of hydrazone groups is 1. The summed E-state index contributed by atoms with van der Waals surface area (Å²) in [6.45, 7) is 4.07. The molecule has 0 aliphatic carbocycles. The smallest absolute Gasteiger partial charge is 0.329 e. The zero-order chi connectivity index (χ0) is 26.6. The van der Waals surface area contributed by atoms with Crippen LogP contribution >= 0.6 is 0 Å². The normalized spacial score (nSPS) is 10.6. The Morgan fingerprint density at radius 2 is 1.59 bits per heavy atom. The van der Waals surface area contributed by atoms with Gasteiger partial charge in [-0.1, -0.05) is 48.9 Å². The standard InChI is InChI=1S/C28H30N4O5/c1-4-20-9-12-23(13-10-20)31-26(33)18-37-24-14-11-22(15-25(24)36-3)17-30-32-28(35)27(34)29-16-21-7-5-19(2)6-8-21/h5-15,17H,4,16,18H2,1-3H3,(H,29,34)(H,31,33)(H,32,35)/b30-17-. The lowest BCUT2D eigenvalue weighted by Gasteiger charge is -2.11. The second-order valence-corrected chi connectivity index (χ2v) is 8.17. The number of hydrogen-bond acceptors (Lipinski definition) is 6. The molecule has 0 bridgehead atoms. The summed E-state index contributed by atoms with van der Waals surface area (Å²) in [4.78, 5) is 36.2. The van der Waals surface area contributed by atoms with Gasteiger partial charge in [-0.05, 0) is 60.4 Å². The largest absolute Gasteiger partial charge is 0.493 e. The molecule has 3 aromatic rings. The zero-order valence-corrected chi connectivity index (χ0v) is 21.0. The second-order valence-electron chi connectivity index (χ2n) is 8.17. The average molecular weight is 503 g/mol. The molecule has 9 nitrogen and oxygen atoms in total. The van der Waals surface area contributed by atoms with Gasteiger partial charge in [0.25, 0.3) is 5.91 Å². The third-order valence-corrected chi connectivity index (χ3v) is 5.35. The van der Waals surface area contributed by atoms with Gasteiger partial charge < -0.3 is 20.1 Å². The summed E-state index contributed by atoms with van der Waals surface area (Å²) in [7, 11) is 1.47. The third kappa shape index (κ3) is 8.50. The topological polar surface area (TPSA) is 118 Å². The molecule has 3 aromatic carbocycles. The summed E-state index contributed by atoms with van der Waals surface area (Å²) in [6, 6.07) is 20.1. The minimum Gasteiger partial charge on any atom is -0.493 e. The Morgan fingerprint density at radius 1 is 0.892 bits per heavy atom. The van der Waals surface area contributed by atoms with Gasteiger partial charge in [-0.25, -0.2) is 5.43 Å². The van der Waals surface area contributed by atoms with Gasteiger partial charge in [0.15, 0.2) is 18.1 Å². The molecule has 0 unspecified atom stereocenters. The Labute approximate surface area is 215 Å². The van der Waals surface area contributed by atoms with Crippen molar-refractivity contribution >= 4 is 29.6 Å². The van der Waals surface area contributed by atoms with Crippen LogP contribution in [0.4, 0.5) is 5.69 Å². The maximum atomic E-state index is 12.2. The van der Waals surface area contributed by atoms with E-state index in [-0.39, 0.29) is 19.1 Å². The van der Waals surface area contributed by atoms with E-state index in [4.69, 9.17) is 9.47 Å². The molecule has 3 N–H and O–H groups in total. The van der Waals surface area contributed by atoms with Crippen molar-refractivity contribution in [2.75, 3.05) is 19.0 Å². The first-order chi connectivity index (χ1) is 17.9. The van der Waals surface area contributed by atoms with Gasteiger partial charge in [-0.15, -0.1) is 0 Å². The van der Waals surface area contributed by atoms with Crippen LogP contribution in [0.2, 0.25) is 0 Å². The zero-order valence-electron chi connectivity index (χ0n) is 21.0. The molecular weight excluding hydrogens is 472 g/mol. The Kier molecular flexibility index (Phi) is 9.78. The van der Waals surface area contributed by atoms with Crippen LogP contribution in [0.15, 0.2) is 71.8 Å². The van der Waals surface area contributed by atoms with Crippen molar-refractivity contribution in [3.8, 4) is 11.5 Å². The number of nitrogens with one attached hydrogen (secondary N) is 3. The highest BCUT2D eigenvalue weighted by Gasteiger charge is 2.12. The summed E-state index contributed by atoms with van der Waals surface area (Å²) in [6.07, 6.45) is 2.29. The molecule has 0 spiro atoms. The predicted molar refractivity (Wildman–Crippen MR) is 142 cm³/mol. The number of carbonyl (C=O) groups is 3. The van der Waals surface area contributed by atoms with E-state index in [9.17, 15) is 14.4 Å². The summed E-state index contributed by atoms with van der Waals surface area (Å²) in [5.74, 6) is -1.23. The highest BCUT2D eigenvalue weighted by atomic mass is 16.5. The van der Waals surface area contributed by atoms with Crippen LogP contribution < -0.4 is 25.5 Å². The predicted octanol–water partition coefficient (Wildman–Crippen LogP) is 3.35. The van der Waals surface area contributed by atoms with Crippen LogP contribution in [0.5, 0.6) is 11.5 Å². The van der Waals surface area contributed by atoms with Gasteiger partial charge in [0.05, 0.1) is 13.3 Å². The van der Waals surface area contributed by atoms with Crippen LogP contribution in [-0.4, -0.2) is 37.7 Å². The molecule has 0 saturated heterocycles. The maximum Gasteiger partial charge on any atom is 0.329 e. The number of carbonyl (C=O) groups excluding carboxylic acids is 3. The van der Waals surface area contributed by atoms with Gasteiger partial charge >= 0.3 is 11.8 Å². The lowest BCUT2D eigenvalue weighted by Crippen LogP contribution is -2.37. The lowest BCUT2D eigenvalue weighted by molar-refractivity contribution is -0.139. The minimum atomic E-state index is -0.884. The average Bonchev–Trinajstić information content (AvgIpc) is 2.92. The molecule has 0 aliphatic heterocycles. The molecule has 0 saturated carbocycles. The summed E-state index contributed by atoms with van der Waals surface area (Å²) in [5.41, 5.74) is 6.64. The first kappa shape index (κ1) is 26.9. The van der Waals surface area contributed by atoms with Crippen LogP contribution in [0.3, 0.4) is 0 Å². The van der Waals surface area contributed by atoms with Gasteiger partial charge in [-0.2, -0.15) is 5.10 Å². The fourth-order valence-corrected chi connectivity index (χ4v) is 3.23. The number of anilines is 1. The monoisotopic (exact) mass is 502 g/mol. The molecule has 3 rings (SSSR count). The molecule has 0 aromatic heterocycles. The van der Waals surface area contributed by atoms with Crippen LogP contribution in [0, 0.1) is 6.92 Å². The minimum absolute atomic E-state index is 0.201. The van der Waals surface area contributed by atoms with E-state index in [0.717, 1.165) is 17.5 Å². The SMILES string of the molecule is CCc1ccc(NC(=O)COc2ccc(/C=N\NC(=O)C(=O)NCc3ccc(C)cc3)cc2OC)cc1. The molecule has 0 aliphatic rings. The van der Waals surface area contributed by atoms with Gasteiger partial charge in [0.2, 0.25) is 0 Å². The molecule has 0 radical (unpaired) electrons. The van der Waals surface area contributed by atoms with Crippen molar-refractivity contribution in [3.05, 3.63) is 89.0 Å². The number of amides is 3. The Morgan fingerprint density at radius 3 is 2.27 bits per heavy atom. The summed E-state index contributed by atoms with van der Waals surface area (Å²) in [5, 5.41) is 9.15. The number of benzene rings is 3. The third-order valence-electron chi connectivity index (χ3n) is 5.35. The van der Waals surface area contributed by atoms with Crippen LogP contribution in [0.25, 0.3) is 0 Å². The molecule has 37 heavy (non-hydrogen) atoms. The van der Waals surface area contributed by atoms with Crippen molar-refractivity contribution in [1.82, 2.24) is 10.7 Å².